The van der Waals surface area contributed by atoms with Crippen molar-refractivity contribution in [3.63, 3.8) is 0 Å². The first-order valence-electron chi connectivity index (χ1n) is 8.58. The summed E-state index contributed by atoms with van der Waals surface area (Å²) in [6.07, 6.45) is 4.50. The molecule has 0 atom stereocenters. The highest BCUT2D eigenvalue weighted by Gasteiger charge is 2.03. The van der Waals surface area contributed by atoms with Crippen LogP contribution < -0.4 is 15.4 Å². The third kappa shape index (κ3) is 5.17. The zero-order chi connectivity index (χ0) is 18.2. The van der Waals surface area contributed by atoms with Gasteiger partial charge in [0.1, 0.15) is 11.6 Å². The number of hydrogen-bond donors (Lipinski definition) is 2. The summed E-state index contributed by atoms with van der Waals surface area (Å²) < 4.78 is 5.18. The van der Waals surface area contributed by atoms with Gasteiger partial charge in [-0.1, -0.05) is 18.2 Å². The standard InChI is InChI=1S/C20H23N5O/c1-15-12-19(23-14-17-4-3-10-21-13-17)25-20(24-15)22-11-9-16-5-7-18(26-2)8-6-16/h3-8,10,12-13H,9,11,14H2,1-2H3,(H2,22,23,24,25). The van der Waals surface area contributed by atoms with Crippen molar-refractivity contribution in [2.24, 2.45) is 0 Å². The van der Waals surface area contributed by atoms with E-state index in [4.69, 9.17) is 4.74 Å². The Kier molecular flexibility index (Phi) is 5.98. The molecule has 0 aliphatic carbocycles. The van der Waals surface area contributed by atoms with Crippen molar-refractivity contribution in [3.05, 3.63) is 71.7 Å². The molecular weight excluding hydrogens is 326 g/mol. The minimum Gasteiger partial charge on any atom is -0.497 e. The van der Waals surface area contributed by atoms with E-state index in [9.17, 15) is 0 Å². The number of benzene rings is 1. The second-order valence-electron chi connectivity index (χ2n) is 5.96. The summed E-state index contributed by atoms with van der Waals surface area (Å²) in [5.74, 6) is 2.30. The van der Waals surface area contributed by atoms with E-state index in [0.29, 0.717) is 12.5 Å². The average Bonchev–Trinajstić information content (AvgIpc) is 2.67. The van der Waals surface area contributed by atoms with E-state index in [1.165, 1.54) is 5.56 Å². The van der Waals surface area contributed by atoms with Gasteiger partial charge in [0.25, 0.3) is 0 Å². The van der Waals surface area contributed by atoms with Crippen molar-refractivity contribution in [2.75, 3.05) is 24.3 Å². The van der Waals surface area contributed by atoms with Gasteiger partial charge in [-0.15, -0.1) is 0 Å². The van der Waals surface area contributed by atoms with E-state index in [0.717, 1.165) is 35.8 Å². The van der Waals surface area contributed by atoms with Gasteiger partial charge in [0.2, 0.25) is 5.95 Å². The first-order chi connectivity index (χ1) is 12.7. The lowest BCUT2D eigenvalue weighted by Gasteiger charge is -2.10. The molecule has 0 aliphatic rings. The van der Waals surface area contributed by atoms with Crippen molar-refractivity contribution < 1.29 is 4.74 Å². The predicted molar refractivity (Wildman–Crippen MR) is 104 cm³/mol. The number of hydrogen-bond acceptors (Lipinski definition) is 6. The maximum absolute atomic E-state index is 5.18. The van der Waals surface area contributed by atoms with Crippen LogP contribution in [0.25, 0.3) is 0 Å². The highest BCUT2D eigenvalue weighted by Crippen LogP contribution is 2.13. The van der Waals surface area contributed by atoms with Gasteiger partial charge in [0, 0.05) is 37.2 Å². The lowest BCUT2D eigenvalue weighted by Crippen LogP contribution is -2.10. The first-order valence-corrected chi connectivity index (χ1v) is 8.58. The van der Waals surface area contributed by atoms with Gasteiger partial charge in [-0.3, -0.25) is 4.98 Å². The van der Waals surface area contributed by atoms with Crippen LogP contribution in [0.5, 0.6) is 5.75 Å². The van der Waals surface area contributed by atoms with Crippen molar-refractivity contribution >= 4 is 11.8 Å². The molecule has 3 aromatic rings. The molecule has 0 amide bonds. The highest BCUT2D eigenvalue weighted by atomic mass is 16.5. The second kappa shape index (κ2) is 8.80. The molecule has 0 spiro atoms. The molecule has 3 rings (SSSR count). The number of nitrogens with one attached hydrogen (secondary N) is 2. The fraction of sp³-hybridized carbons (Fsp3) is 0.250. The van der Waals surface area contributed by atoms with Crippen LogP contribution in [-0.2, 0) is 13.0 Å². The van der Waals surface area contributed by atoms with E-state index in [1.807, 2.05) is 43.5 Å². The minimum atomic E-state index is 0.632. The Morgan fingerprint density at radius 1 is 1.00 bits per heavy atom. The van der Waals surface area contributed by atoms with Crippen LogP contribution in [0.2, 0.25) is 0 Å². The molecule has 6 heteroatoms. The van der Waals surface area contributed by atoms with Gasteiger partial charge in [-0.2, -0.15) is 4.98 Å². The van der Waals surface area contributed by atoms with Gasteiger partial charge in [0.05, 0.1) is 7.11 Å². The van der Waals surface area contributed by atoms with E-state index >= 15 is 0 Å². The normalized spacial score (nSPS) is 10.4. The molecule has 1 aromatic carbocycles. The number of aromatic nitrogens is 3. The third-order valence-electron chi connectivity index (χ3n) is 3.91. The van der Waals surface area contributed by atoms with E-state index in [-0.39, 0.29) is 0 Å². The van der Waals surface area contributed by atoms with Crippen molar-refractivity contribution in [1.82, 2.24) is 15.0 Å². The van der Waals surface area contributed by atoms with Crippen LogP contribution in [0.15, 0.2) is 54.9 Å². The topological polar surface area (TPSA) is 72.0 Å². The van der Waals surface area contributed by atoms with Gasteiger partial charge in [-0.05, 0) is 42.7 Å². The van der Waals surface area contributed by atoms with E-state index < -0.39 is 0 Å². The molecule has 6 nitrogen and oxygen atoms in total. The summed E-state index contributed by atoms with van der Waals surface area (Å²) in [6, 6.07) is 14.0. The summed E-state index contributed by atoms with van der Waals surface area (Å²) in [6.45, 7) is 3.40. The van der Waals surface area contributed by atoms with Gasteiger partial charge in [0.15, 0.2) is 0 Å². The Balaban J connectivity index is 1.54. The number of pyridine rings is 1. The Morgan fingerprint density at radius 3 is 2.58 bits per heavy atom. The van der Waals surface area contributed by atoms with Crippen molar-refractivity contribution in [1.29, 1.82) is 0 Å². The second-order valence-corrected chi connectivity index (χ2v) is 5.96. The predicted octanol–water partition coefficient (Wildman–Crippen LogP) is 3.46. The number of ether oxygens (including phenoxy) is 1. The SMILES string of the molecule is COc1ccc(CCNc2nc(C)cc(NCc3cccnc3)n2)cc1. The largest absolute Gasteiger partial charge is 0.497 e. The van der Waals surface area contributed by atoms with Gasteiger partial charge in [-0.25, -0.2) is 4.98 Å². The van der Waals surface area contributed by atoms with E-state index in [1.54, 1.807) is 13.3 Å². The maximum atomic E-state index is 5.18. The van der Waals surface area contributed by atoms with Crippen molar-refractivity contribution in [3.8, 4) is 5.75 Å². The zero-order valence-electron chi connectivity index (χ0n) is 15.1. The summed E-state index contributed by atoms with van der Waals surface area (Å²) in [7, 11) is 1.67. The molecular formula is C20H23N5O. The average molecular weight is 349 g/mol. The molecule has 0 aliphatic heterocycles. The monoisotopic (exact) mass is 349 g/mol. The maximum Gasteiger partial charge on any atom is 0.224 e. The Hall–Kier alpha value is -3.15. The molecule has 0 unspecified atom stereocenters. The number of methoxy groups -OCH3 is 1. The van der Waals surface area contributed by atoms with Gasteiger partial charge < -0.3 is 15.4 Å². The number of anilines is 2. The minimum absolute atomic E-state index is 0.632. The summed E-state index contributed by atoms with van der Waals surface area (Å²) in [5, 5.41) is 6.61. The number of rotatable bonds is 8. The van der Waals surface area contributed by atoms with Crippen LogP contribution in [0.4, 0.5) is 11.8 Å². The number of aryl methyl sites for hydroxylation is 1. The molecule has 26 heavy (non-hydrogen) atoms. The lowest BCUT2D eigenvalue weighted by atomic mass is 10.1. The Labute approximate surface area is 153 Å². The van der Waals surface area contributed by atoms with Crippen LogP contribution in [-0.4, -0.2) is 28.6 Å². The molecule has 0 saturated heterocycles. The molecule has 0 fully saturated rings. The zero-order valence-corrected chi connectivity index (χ0v) is 15.1. The van der Waals surface area contributed by atoms with Gasteiger partial charge >= 0.3 is 0 Å². The highest BCUT2D eigenvalue weighted by molar-refractivity contribution is 5.42. The Bertz CT molecular complexity index is 821. The Morgan fingerprint density at radius 2 is 1.85 bits per heavy atom. The molecule has 0 saturated carbocycles. The van der Waals surface area contributed by atoms with E-state index in [2.05, 4.69) is 37.7 Å². The van der Waals surface area contributed by atoms with Crippen molar-refractivity contribution in [2.45, 2.75) is 19.9 Å². The summed E-state index contributed by atoms with van der Waals surface area (Å²) in [5.41, 5.74) is 3.26. The smallest absolute Gasteiger partial charge is 0.224 e. The van der Waals surface area contributed by atoms with Crippen LogP contribution in [0.1, 0.15) is 16.8 Å². The molecule has 2 heterocycles. The van der Waals surface area contributed by atoms with Crippen LogP contribution in [0.3, 0.4) is 0 Å². The third-order valence-corrected chi connectivity index (χ3v) is 3.91. The fourth-order valence-electron chi connectivity index (χ4n) is 2.54. The quantitative estimate of drug-likeness (QED) is 0.649. The molecule has 0 bridgehead atoms. The number of nitrogens with zero attached hydrogens (tertiary/aromatic N) is 3. The summed E-state index contributed by atoms with van der Waals surface area (Å²) in [4.78, 5) is 13.1. The first kappa shape index (κ1) is 17.7. The summed E-state index contributed by atoms with van der Waals surface area (Å²) >= 11 is 0. The lowest BCUT2D eigenvalue weighted by molar-refractivity contribution is 0.414. The van der Waals surface area contributed by atoms with Crippen LogP contribution >= 0.6 is 0 Å². The molecule has 0 radical (unpaired) electrons. The molecule has 2 aromatic heterocycles. The molecule has 2 N–H and O–H groups in total. The fourth-order valence-corrected chi connectivity index (χ4v) is 2.54. The van der Waals surface area contributed by atoms with Crippen LogP contribution in [0, 0.1) is 6.92 Å². The molecule has 134 valence electrons.